The van der Waals surface area contributed by atoms with Crippen LogP contribution in [-0.4, -0.2) is 62.8 Å². The van der Waals surface area contributed by atoms with E-state index in [4.69, 9.17) is 9.47 Å². The molecule has 0 spiro atoms. The fourth-order valence-electron chi connectivity index (χ4n) is 5.21. The average molecular weight is 515 g/mol. The lowest BCUT2D eigenvalue weighted by molar-refractivity contribution is -0.135. The van der Waals surface area contributed by atoms with Gasteiger partial charge in [0, 0.05) is 26.6 Å². The molecule has 1 unspecified atom stereocenters. The van der Waals surface area contributed by atoms with E-state index in [0.29, 0.717) is 31.4 Å². The Morgan fingerprint density at radius 2 is 1.84 bits per heavy atom. The number of nitrogens with zero attached hydrogens (tertiary/aromatic N) is 3. The van der Waals surface area contributed by atoms with Crippen LogP contribution in [0.4, 0.5) is 4.79 Å². The minimum absolute atomic E-state index is 0.00239. The molecule has 1 aromatic carbocycles. The SMILES string of the molecule is C[C@@H](CCc1cccc2c1n(C)c(=O)n2C1CCC(=O)NC1=O)OC1CCN(C(=O)OC(C)(C)C)CC1. The first-order valence-electron chi connectivity index (χ1n) is 13.1. The number of hydrogen-bond acceptors (Lipinski definition) is 6. The highest BCUT2D eigenvalue weighted by Crippen LogP contribution is 2.26. The third-order valence-corrected chi connectivity index (χ3v) is 7.05. The Balaban J connectivity index is 1.38. The van der Waals surface area contributed by atoms with Gasteiger partial charge in [0.05, 0.1) is 23.2 Å². The molecular weight excluding hydrogens is 476 g/mol. The van der Waals surface area contributed by atoms with Crippen molar-refractivity contribution in [2.45, 2.75) is 90.1 Å². The molecule has 2 aliphatic heterocycles. The van der Waals surface area contributed by atoms with Crippen molar-refractivity contribution >= 4 is 28.9 Å². The first kappa shape index (κ1) is 26.9. The van der Waals surface area contributed by atoms with E-state index in [-0.39, 0.29) is 36.3 Å². The molecule has 37 heavy (non-hydrogen) atoms. The summed E-state index contributed by atoms with van der Waals surface area (Å²) in [5.41, 5.74) is 1.74. The number of imidazole rings is 1. The molecule has 1 N–H and O–H groups in total. The van der Waals surface area contributed by atoms with Crippen molar-refractivity contribution in [3.8, 4) is 0 Å². The van der Waals surface area contributed by atoms with E-state index in [0.717, 1.165) is 30.3 Å². The van der Waals surface area contributed by atoms with Crippen LogP contribution in [0.25, 0.3) is 11.0 Å². The molecule has 2 atom stereocenters. The van der Waals surface area contributed by atoms with Gasteiger partial charge in [0.25, 0.3) is 0 Å². The fraction of sp³-hybridized carbons (Fsp3) is 0.630. The van der Waals surface area contributed by atoms with Crippen LogP contribution in [0.15, 0.2) is 23.0 Å². The summed E-state index contributed by atoms with van der Waals surface area (Å²) in [5.74, 6) is -0.740. The molecule has 0 saturated carbocycles. The summed E-state index contributed by atoms with van der Waals surface area (Å²) in [7, 11) is 1.72. The fourth-order valence-corrected chi connectivity index (χ4v) is 5.21. The molecule has 0 aliphatic carbocycles. The van der Waals surface area contributed by atoms with Crippen LogP contribution in [-0.2, 0) is 32.5 Å². The number of aromatic nitrogens is 2. The topological polar surface area (TPSA) is 112 Å². The van der Waals surface area contributed by atoms with Crippen molar-refractivity contribution in [3.63, 3.8) is 0 Å². The van der Waals surface area contributed by atoms with Crippen molar-refractivity contribution in [3.05, 3.63) is 34.2 Å². The number of imide groups is 1. The molecule has 2 aliphatic rings. The number of aryl methyl sites for hydroxylation is 2. The van der Waals surface area contributed by atoms with Crippen LogP contribution in [0.2, 0.25) is 0 Å². The Bertz CT molecular complexity index is 1230. The number of ether oxygens (including phenoxy) is 2. The molecule has 3 heterocycles. The highest BCUT2D eigenvalue weighted by atomic mass is 16.6. The third kappa shape index (κ3) is 6.06. The molecule has 0 bridgehead atoms. The number of likely N-dealkylation sites (tertiary alicyclic amines) is 1. The second-order valence-electron chi connectivity index (χ2n) is 11.1. The summed E-state index contributed by atoms with van der Waals surface area (Å²) in [6.45, 7) is 8.87. The number of benzene rings is 1. The molecule has 10 nitrogen and oxygen atoms in total. The van der Waals surface area contributed by atoms with E-state index >= 15 is 0 Å². The van der Waals surface area contributed by atoms with Crippen LogP contribution in [0.1, 0.15) is 71.4 Å². The van der Waals surface area contributed by atoms with Gasteiger partial charge in [-0.3, -0.25) is 24.0 Å². The van der Waals surface area contributed by atoms with Gasteiger partial charge in [-0.25, -0.2) is 9.59 Å². The Labute approximate surface area is 216 Å². The molecule has 3 amide bonds. The zero-order valence-corrected chi connectivity index (χ0v) is 22.4. The van der Waals surface area contributed by atoms with Crippen molar-refractivity contribution in [1.29, 1.82) is 0 Å². The average Bonchev–Trinajstić information content (AvgIpc) is 3.08. The van der Waals surface area contributed by atoms with Gasteiger partial charge in [0.1, 0.15) is 11.6 Å². The monoisotopic (exact) mass is 514 g/mol. The number of rotatable bonds is 6. The van der Waals surface area contributed by atoms with Crippen LogP contribution in [0, 0.1) is 0 Å². The van der Waals surface area contributed by atoms with Crippen LogP contribution < -0.4 is 11.0 Å². The van der Waals surface area contributed by atoms with E-state index in [9.17, 15) is 19.2 Å². The van der Waals surface area contributed by atoms with Crippen molar-refractivity contribution < 1.29 is 23.9 Å². The van der Waals surface area contributed by atoms with Gasteiger partial charge in [0.15, 0.2) is 0 Å². The maximum atomic E-state index is 13.1. The van der Waals surface area contributed by atoms with Gasteiger partial charge in [-0.15, -0.1) is 0 Å². The van der Waals surface area contributed by atoms with Gasteiger partial charge in [-0.2, -0.15) is 0 Å². The number of fused-ring (bicyclic) bond motifs is 1. The number of para-hydroxylation sites is 1. The third-order valence-electron chi connectivity index (χ3n) is 7.05. The number of carbonyl (C=O) groups is 3. The predicted molar refractivity (Wildman–Crippen MR) is 138 cm³/mol. The van der Waals surface area contributed by atoms with Crippen molar-refractivity contribution in [2.24, 2.45) is 7.05 Å². The van der Waals surface area contributed by atoms with E-state index < -0.39 is 17.6 Å². The lowest BCUT2D eigenvalue weighted by Crippen LogP contribution is -2.44. The Kier molecular flexibility index (Phi) is 7.77. The molecule has 4 rings (SSSR count). The summed E-state index contributed by atoms with van der Waals surface area (Å²) in [4.78, 5) is 51.2. The second-order valence-corrected chi connectivity index (χ2v) is 11.1. The largest absolute Gasteiger partial charge is 0.444 e. The molecule has 1 aromatic heterocycles. The highest BCUT2D eigenvalue weighted by molar-refractivity contribution is 6.00. The standard InChI is InChI=1S/C27H38N4O6/c1-17(36-19-13-15-30(16-14-19)26(35)37-27(2,3)4)9-10-18-7-6-8-20-23(18)29(5)25(34)31(20)21-11-12-22(32)28-24(21)33/h6-8,17,19,21H,9-16H2,1-5H3,(H,28,32,33)/t17-,21?/m0/s1. The zero-order chi connectivity index (χ0) is 26.9. The maximum absolute atomic E-state index is 13.1. The summed E-state index contributed by atoms with van der Waals surface area (Å²) in [6, 6.07) is 5.06. The van der Waals surface area contributed by atoms with Crippen LogP contribution in [0.5, 0.6) is 0 Å². The van der Waals surface area contributed by atoms with E-state index in [2.05, 4.69) is 5.32 Å². The Hall–Kier alpha value is -3.14. The minimum Gasteiger partial charge on any atom is -0.444 e. The highest BCUT2D eigenvalue weighted by Gasteiger charge is 2.32. The van der Waals surface area contributed by atoms with E-state index in [1.807, 2.05) is 45.9 Å². The first-order valence-corrected chi connectivity index (χ1v) is 13.1. The summed E-state index contributed by atoms with van der Waals surface area (Å²) in [6.07, 6.45) is 3.35. The quantitative estimate of drug-likeness (QED) is 0.593. The van der Waals surface area contributed by atoms with Gasteiger partial charge in [-0.05, 0) is 71.4 Å². The summed E-state index contributed by atoms with van der Waals surface area (Å²) >= 11 is 0. The minimum atomic E-state index is -0.696. The number of carbonyl (C=O) groups excluding carboxylic acids is 3. The molecule has 2 aromatic rings. The second kappa shape index (κ2) is 10.7. The maximum Gasteiger partial charge on any atom is 0.410 e. The van der Waals surface area contributed by atoms with E-state index in [1.54, 1.807) is 16.5 Å². The molecular formula is C27H38N4O6. The lowest BCUT2D eigenvalue weighted by Gasteiger charge is -2.34. The predicted octanol–water partition coefficient (Wildman–Crippen LogP) is 3.05. The smallest absolute Gasteiger partial charge is 0.410 e. The zero-order valence-electron chi connectivity index (χ0n) is 22.4. The molecule has 0 radical (unpaired) electrons. The number of hydrogen-bond donors (Lipinski definition) is 1. The summed E-state index contributed by atoms with van der Waals surface area (Å²) < 4.78 is 14.9. The molecule has 10 heteroatoms. The first-order chi connectivity index (χ1) is 17.4. The Morgan fingerprint density at radius 3 is 2.49 bits per heavy atom. The Morgan fingerprint density at radius 1 is 1.14 bits per heavy atom. The molecule has 2 fully saturated rings. The van der Waals surface area contributed by atoms with Crippen molar-refractivity contribution in [2.75, 3.05) is 13.1 Å². The van der Waals surface area contributed by atoms with Gasteiger partial charge < -0.3 is 14.4 Å². The number of nitrogens with one attached hydrogen (secondary N) is 1. The van der Waals surface area contributed by atoms with Gasteiger partial charge in [0.2, 0.25) is 11.8 Å². The molecule has 2 saturated heterocycles. The lowest BCUT2D eigenvalue weighted by atomic mass is 10.0. The van der Waals surface area contributed by atoms with Gasteiger partial charge in [-0.1, -0.05) is 12.1 Å². The van der Waals surface area contributed by atoms with Crippen LogP contribution in [0.3, 0.4) is 0 Å². The van der Waals surface area contributed by atoms with Crippen molar-refractivity contribution in [1.82, 2.24) is 19.4 Å². The van der Waals surface area contributed by atoms with E-state index in [1.165, 1.54) is 4.57 Å². The van der Waals surface area contributed by atoms with Crippen LogP contribution >= 0.6 is 0 Å². The number of piperidine rings is 2. The molecule has 202 valence electrons. The number of amides is 3. The van der Waals surface area contributed by atoms with Gasteiger partial charge >= 0.3 is 11.8 Å². The summed E-state index contributed by atoms with van der Waals surface area (Å²) in [5, 5.41) is 2.35. The normalized spacial score (nSPS) is 20.2.